The van der Waals surface area contributed by atoms with Gasteiger partial charge < -0.3 is 10.1 Å². The lowest BCUT2D eigenvalue weighted by molar-refractivity contribution is 0.288. The van der Waals surface area contributed by atoms with E-state index in [1.807, 2.05) is 12.1 Å². The highest BCUT2D eigenvalue weighted by atomic mass is 16.5. The van der Waals surface area contributed by atoms with Crippen molar-refractivity contribution in [2.45, 2.75) is 12.8 Å². The van der Waals surface area contributed by atoms with Crippen LogP contribution in [-0.2, 0) is 6.42 Å². The van der Waals surface area contributed by atoms with Crippen LogP contribution in [0.5, 0.6) is 5.75 Å². The summed E-state index contributed by atoms with van der Waals surface area (Å²) in [6.45, 7) is 1.41. The Bertz CT molecular complexity index is 314. The molecule has 1 aromatic rings. The van der Waals surface area contributed by atoms with Crippen LogP contribution in [0, 0.1) is 0 Å². The van der Waals surface area contributed by atoms with Crippen LogP contribution in [0.1, 0.15) is 12.0 Å². The molecular weight excluding hydrogens is 178 g/mol. The summed E-state index contributed by atoms with van der Waals surface area (Å²) in [4.78, 5) is 0. The van der Waals surface area contributed by atoms with E-state index in [1.165, 1.54) is 5.56 Å². The summed E-state index contributed by atoms with van der Waals surface area (Å²) >= 11 is 0. The standard InChI is InChI=1S/C10H15N3O/c11-13-7-12-9-3-4-10-8(6-9)2-1-5-14-10/h3-4,6,12-13H,1-2,5,7,11H2. The van der Waals surface area contributed by atoms with E-state index in [9.17, 15) is 0 Å². The maximum atomic E-state index is 5.51. The normalized spacial score (nSPS) is 14.4. The van der Waals surface area contributed by atoms with Gasteiger partial charge in [0.1, 0.15) is 5.75 Å². The van der Waals surface area contributed by atoms with Crippen molar-refractivity contribution in [1.29, 1.82) is 0 Å². The topological polar surface area (TPSA) is 59.3 Å². The van der Waals surface area contributed by atoms with Crippen LogP contribution in [0.4, 0.5) is 5.69 Å². The van der Waals surface area contributed by atoms with Crippen molar-refractivity contribution < 1.29 is 4.74 Å². The van der Waals surface area contributed by atoms with Crippen LogP contribution in [0.3, 0.4) is 0 Å². The summed E-state index contributed by atoms with van der Waals surface area (Å²) in [6.07, 6.45) is 2.20. The van der Waals surface area contributed by atoms with E-state index < -0.39 is 0 Å². The first kappa shape index (κ1) is 9.30. The summed E-state index contributed by atoms with van der Waals surface area (Å²) < 4.78 is 5.51. The van der Waals surface area contributed by atoms with Crippen molar-refractivity contribution in [3.63, 3.8) is 0 Å². The molecule has 4 heteroatoms. The molecule has 2 rings (SSSR count). The van der Waals surface area contributed by atoms with E-state index in [-0.39, 0.29) is 0 Å². The predicted octanol–water partition coefficient (Wildman–Crippen LogP) is 0.844. The molecule has 0 radical (unpaired) electrons. The molecule has 1 heterocycles. The number of hydrazine groups is 1. The lowest BCUT2D eigenvalue weighted by Gasteiger charge is -2.18. The fourth-order valence-electron chi connectivity index (χ4n) is 1.62. The molecule has 0 aliphatic carbocycles. The summed E-state index contributed by atoms with van der Waals surface area (Å²) in [7, 11) is 0. The molecule has 4 nitrogen and oxygen atoms in total. The van der Waals surface area contributed by atoms with Crippen LogP contribution in [0.25, 0.3) is 0 Å². The fourth-order valence-corrected chi connectivity index (χ4v) is 1.62. The average Bonchev–Trinajstić information content (AvgIpc) is 2.26. The smallest absolute Gasteiger partial charge is 0.122 e. The van der Waals surface area contributed by atoms with Gasteiger partial charge in [0.15, 0.2) is 0 Å². The molecule has 0 aromatic heterocycles. The highest BCUT2D eigenvalue weighted by Crippen LogP contribution is 2.27. The first-order valence-corrected chi connectivity index (χ1v) is 4.83. The van der Waals surface area contributed by atoms with Crippen molar-refractivity contribution in [1.82, 2.24) is 5.43 Å². The van der Waals surface area contributed by atoms with Crippen molar-refractivity contribution in [2.24, 2.45) is 5.84 Å². The quantitative estimate of drug-likeness (QED) is 0.378. The molecule has 1 aromatic carbocycles. The molecule has 0 unspecified atom stereocenters. The molecule has 1 aliphatic rings. The lowest BCUT2D eigenvalue weighted by atomic mass is 10.1. The zero-order valence-electron chi connectivity index (χ0n) is 8.05. The molecule has 0 amide bonds. The fraction of sp³-hybridized carbons (Fsp3) is 0.400. The number of anilines is 1. The Hall–Kier alpha value is -1.26. The molecule has 0 spiro atoms. The molecule has 0 fully saturated rings. The van der Waals surface area contributed by atoms with E-state index in [0.717, 1.165) is 30.9 Å². The van der Waals surface area contributed by atoms with E-state index in [1.54, 1.807) is 0 Å². The number of ether oxygens (including phenoxy) is 1. The highest BCUT2D eigenvalue weighted by Gasteiger charge is 2.09. The Balaban J connectivity index is 2.12. The van der Waals surface area contributed by atoms with Gasteiger partial charge in [0.2, 0.25) is 0 Å². The number of hydrogen-bond acceptors (Lipinski definition) is 4. The minimum Gasteiger partial charge on any atom is -0.493 e. The van der Waals surface area contributed by atoms with E-state index >= 15 is 0 Å². The van der Waals surface area contributed by atoms with Gasteiger partial charge in [0.25, 0.3) is 0 Å². The van der Waals surface area contributed by atoms with Crippen molar-refractivity contribution in [3.05, 3.63) is 23.8 Å². The van der Waals surface area contributed by atoms with Gasteiger partial charge in [-0.15, -0.1) is 0 Å². The van der Waals surface area contributed by atoms with E-state index in [4.69, 9.17) is 10.6 Å². The van der Waals surface area contributed by atoms with Crippen LogP contribution in [-0.4, -0.2) is 13.3 Å². The zero-order valence-corrected chi connectivity index (χ0v) is 8.05. The lowest BCUT2D eigenvalue weighted by Crippen LogP contribution is -2.28. The maximum absolute atomic E-state index is 5.51. The molecule has 1 aliphatic heterocycles. The molecule has 76 valence electrons. The molecular formula is C10H15N3O. The van der Waals surface area contributed by atoms with Crippen molar-refractivity contribution in [3.8, 4) is 5.75 Å². The summed E-state index contributed by atoms with van der Waals surface area (Å²) in [5.41, 5.74) is 4.91. The molecule has 0 bridgehead atoms. The minimum atomic E-state index is 0.569. The first-order valence-electron chi connectivity index (χ1n) is 4.83. The molecule has 0 atom stereocenters. The predicted molar refractivity (Wildman–Crippen MR) is 56.1 cm³/mol. The van der Waals surface area contributed by atoms with E-state index in [0.29, 0.717) is 6.67 Å². The number of aryl methyl sites for hydroxylation is 1. The Kier molecular flexibility index (Phi) is 2.86. The monoisotopic (exact) mass is 193 g/mol. The van der Waals surface area contributed by atoms with Crippen LogP contribution >= 0.6 is 0 Å². The molecule has 14 heavy (non-hydrogen) atoms. The largest absolute Gasteiger partial charge is 0.493 e. The average molecular weight is 193 g/mol. The number of hydrogen-bond donors (Lipinski definition) is 3. The summed E-state index contributed by atoms with van der Waals surface area (Å²) in [6, 6.07) is 6.13. The van der Waals surface area contributed by atoms with Gasteiger partial charge in [0, 0.05) is 5.69 Å². The van der Waals surface area contributed by atoms with Gasteiger partial charge in [-0.05, 0) is 36.6 Å². The third kappa shape index (κ3) is 1.97. The summed E-state index contributed by atoms with van der Waals surface area (Å²) in [5.74, 6) is 6.19. The van der Waals surface area contributed by atoms with Gasteiger partial charge in [-0.1, -0.05) is 0 Å². The van der Waals surface area contributed by atoms with Gasteiger partial charge in [-0.3, -0.25) is 5.84 Å². The van der Waals surface area contributed by atoms with Gasteiger partial charge in [0.05, 0.1) is 13.3 Å². The molecule has 0 saturated carbocycles. The number of fused-ring (bicyclic) bond motifs is 1. The molecule has 0 saturated heterocycles. The maximum Gasteiger partial charge on any atom is 0.122 e. The number of nitrogens with one attached hydrogen (secondary N) is 2. The van der Waals surface area contributed by atoms with E-state index in [2.05, 4.69) is 16.8 Å². The van der Waals surface area contributed by atoms with Crippen molar-refractivity contribution in [2.75, 3.05) is 18.6 Å². The Morgan fingerprint density at radius 2 is 2.36 bits per heavy atom. The second-order valence-corrected chi connectivity index (χ2v) is 3.33. The highest BCUT2D eigenvalue weighted by molar-refractivity contribution is 5.51. The first-order chi connectivity index (χ1) is 6.90. The Morgan fingerprint density at radius 1 is 1.43 bits per heavy atom. The van der Waals surface area contributed by atoms with Crippen LogP contribution in [0.2, 0.25) is 0 Å². The second-order valence-electron chi connectivity index (χ2n) is 3.33. The number of benzene rings is 1. The van der Waals surface area contributed by atoms with Gasteiger partial charge in [-0.25, -0.2) is 5.43 Å². The number of rotatable bonds is 3. The van der Waals surface area contributed by atoms with Gasteiger partial charge in [-0.2, -0.15) is 0 Å². The third-order valence-electron chi connectivity index (χ3n) is 2.30. The van der Waals surface area contributed by atoms with Crippen molar-refractivity contribution >= 4 is 5.69 Å². The number of nitrogens with two attached hydrogens (primary N) is 1. The Morgan fingerprint density at radius 3 is 3.21 bits per heavy atom. The second kappa shape index (κ2) is 4.30. The minimum absolute atomic E-state index is 0.569. The molecule has 4 N–H and O–H groups in total. The van der Waals surface area contributed by atoms with Crippen LogP contribution < -0.4 is 21.3 Å². The SMILES string of the molecule is NNCNc1ccc2c(c1)CCCO2. The van der Waals surface area contributed by atoms with Crippen LogP contribution in [0.15, 0.2) is 18.2 Å². The summed E-state index contributed by atoms with van der Waals surface area (Å²) in [5, 5.41) is 3.15. The van der Waals surface area contributed by atoms with Gasteiger partial charge >= 0.3 is 0 Å². The third-order valence-corrected chi connectivity index (χ3v) is 2.30. The zero-order chi connectivity index (χ0) is 9.80. The Labute approximate surface area is 83.4 Å².